The number of aliphatic hydroxyl groups is 1. The lowest BCUT2D eigenvalue weighted by Gasteiger charge is -2.21. The van der Waals surface area contributed by atoms with Crippen LogP contribution in [0.2, 0.25) is 0 Å². The van der Waals surface area contributed by atoms with Gasteiger partial charge in [0, 0.05) is 13.0 Å². The molecule has 0 aliphatic carbocycles. The van der Waals surface area contributed by atoms with Crippen molar-refractivity contribution in [3.05, 3.63) is 0 Å². The first-order valence-corrected chi connectivity index (χ1v) is 7.32. The maximum Gasteiger partial charge on any atom is 0.323 e. The monoisotopic (exact) mass is 383 g/mol. The number of carbonyl (C=O) groups excluding carboxylic acids is 1. The highest BCUT2D eigenvalue weighted by Gasteiger charge is 2.03. The normalized spacial score (nSPS) is 10.3. The molecule has 0 aromatic rings. The second kappa shape index (κ2) is 17.4. The van der Waals surface area contributed by atoms with Crippen LogP contribution in [0.5, 0.6) is 0 Å². The number of aliphatic hydroxyl groups excluding tert-OH is 1. The van der Waals surface area contributed by atoms with Crippen molar-refractivity contribution in [2.75, 3.05) is 47.9 Å². The molecule has 0 amide bonds. The molecule has 26 heavy (non-hydrogen) atoms. The van der Waals surface area contributed by atoms with Gasteiger partial charge in [-0.2, -0.15) is 0 Å². The van der Waals surface area contributed by atoms with Crippen LogP contribution in [0.4, 0.5) is 0 Å². The summed E-state index contributed by atoms with van der Waals surface area (Å²) in [4.78, 5) is 29.5. The van der Waals surface area contributed by atoms with E-state index in [1.807, 2.05) is 0 Å². The number of rotatable bonds is 5. The predicted octanol–water partition coefficient (Wildman–Crippen LogP) is -3.24. The SMILES string of the molecule is CC(=O)[O-].CC(N)C(=O)O.CN(CC(=O)O)C(=N)N.C[N+](C)(C)CCO. The van der Waals surface area contributed by atoms with Crippen molar-refractivity contribution in [3.8, 4) is 0 Å². The summed E-state index contributed by atoms with van der Waals surface area (Å²) in [6, 6.07) is -0.731. The molecule has 0 aliphatic rings. The molecule has 1 atom stereocenters. The van der Waals surface area contributed by atoms with Crippen molar-refractivity contribution in [3.63, 3.8) is 0 Å². The Hall–Kier alpha value is -2.44. The predicted molar refractivity (Wildman–Crippen MR) is 94.1 cm³/mol. The first-order chi connectivity index (χ1) is 11.5. The Labute approximate surface area is 153 Å². The molecule has 0 radical (unpaired) electrons. The number of carboxylic acid groups (broad SMARTS) is 3. The van der Waals surface area contributed by atoms with E-state index in [9.17, 15) is 9.59 Å². The number of likely N-dealkylation sites (N-methyl/N-ethyl adjacent to an activating group) is 2. The quantitative estimate of drug-likeness (QED) is 0.158. The lowest BCUT2D eigenvalue weighted by Crippen LogP contribution is -2.36. The molecule has 0 saturated carbocycles. The van der Waals surface area contributed by atoms with Gasteiger partial charge in [-0.1, -0.05) is 0 Å². The largest absolute Gasteiger partial charge is 0.550 e. The Morgan fingerprint density at radius 1 is 1.23 bits per heavy atom. The molecule has 12 heteroatoms. The standard InChI is InChI=1S/C5H14NO.C4H9N3O2.C3H7NO2.C2H4O2/c1-6(2,3)4-5-7;1-7(4(5)6)2-3(8)9;1-2(4)3(5)6;1-2(3)4/h7H,4-5H2,1-3H3;2H2,1H3,(H3,5,6)(H,8,9);2H,4H2,1H3,(H,5,6);1H3,(H,3,4)/q+1;;;/p-1. The Morgan fingerprint density at radius 2 is 1.54 bits per heavy atom. The van der Waals surface area contributed by atoms with Crippen molar-refractivity contribution in [2.24, 2.45) is 11.5 Å². The van der Waals surface area contributed by atoms with Gasteiger partial charge in [-0.25, -0.2) is 0 Å². The Kier molecular flexibility index (Phi) is 21.0. The number of hydrogen-bond acceptors (Lipinski definition) is 7. The molecule has 0 aromatic carbocycles. The molecular formula is C14H33N5O7. The molecule has 12 nitrogen and oxygen atoms in total. The van der Waals surface area contributed by atoms with Gasteiger partial charge in [-0.15, -0.1) is 0 Å². The van der Waals surface area contributed by atoms with Crippen molar-refractivity contribution >= 4 is 23.9 Å². The van der Waals surface area contributed by atoms with Gasteiger partial charge in [0.25, 0.3) is 0 Å². The van der Waals surface area contributed by atoms with Crippen molar-refractivity contribution in [2.45, 2.75) is 19.9 Å². The Bertz CT molecular complexity index is 418. The van der Waals surface area contributed by atoms with Crippen LogP contribution in [0.15, 0.2) is 0 Å². The maximum atomic E-state index is 9.92. The van der Waals surface area contributed by atoms with E-state index in [0.717, 1.165) is 22.9 Å². The summed E-state index contributed by atoms with van der Waals surface area (Å²) >= 11 is 0. The lowest BCUT2D eigenvalue weighted by atomic mass is 10.4. The topological polar surface area (TPSA) is 214 Å². The van der Waals surface area contributed by atoms with Gasteiger partial charge in [0.15, 0.2) is 5.96 Å². The van der Waals surface area contributed by atoms with Gasteiger partial charge in [0.2, 0.25) is 0 Å². The summed E-state index contributed by atoms with van der Waals surface area (Å²) in [6.45, 7) is 3.28. The smallest absolute Gasteiger partial charge is 0.323 e. The summed E-state index contributed by atoms with van der Waals surface area (Å²) in [5.41, 5.74) is 9.77. The number of guanidine groups is 1. The highest BCUT2D eigenvalue weighted by Crippen LogP contribution is 1.84. The average Bonchev–Trinajstić information content (AvgIpc) is 2.36. The number of nitrogens with zero attached hydrogens (tertiary/aromatic N) is 2. The van der Waals surface area contributed by atoms with Gasteiger partial charge >= 0.3 is 11.9 Å². The second-order valence-corrected chi connectivity index (χ2v) is 5.99. The molecule has 0 spiro atoms. The fourth-order valence-corrected chi connectivity index (χ4v) is 0.588. The zero-order valence-corrected chi connectivity index (χ0v) is 16.2. The van der Waals surface area contributed by atoms with Crippen LogP contribution in [-0.4, -0.2) is 102 Å². The summed E-state index contributed by atoms with van der Waals surface area (Å²) < 4.78 is 0.844. The van der Waals surface area contributed by atoms with E-state index >= 15 is 0 Å². The molecular weight excluding hydrogens is 350 g/mol. The van der Waals surface area contributed by atoms with Crippen LogP contribution < -0.4 is 16.6 Å². The van der Waals surface area contributed by atoms with Gasteiger partial charge in [0.1, 0.15) is 19.1 Å². The van der Waals surface area contributed by atoms with Gasteiger partial charge in [-0.05, 0) is 13.8 Å². The third kappa shape index (κ3) is 49.6. The molecule has 1 unspecified atom stereocenters. The fraction of sp³-hybridized carbons (Fsp3) is 0.714. The minimum atomic E-state index is -1.08. The van der Waals surface area contributed by atoms with E-state index in [4.69, 9.17) is 42.1 Å². The van der Waals surface area contributed by atoms with Crippen LogP contribution in [0.1, 0.15) is 13.8 Å². The molecule has 0 saturated heterocycles. The molecule has 0 fully saturated rings. The number of hydrogen-bond donors (Lipinski definition) is 6. The van der Waals surface area contributed by atoms with E-state index in [1.165, 1.54) is 14.0 Å². The third-order valence-electron chi connectivity index (χ3n) is 1.94. The van der Waals surface area contributed by atoms with Gasteiger partial charge in [-0.3, -0.25) is 15.0 Å². The first-order valence-electron chi connectivity index (χ1n) is 7.32. The molecule has 0 rings (SSSR count). The summed E-state index contributed by atoms with van der Waals surface area (Å²) in [5.74, 6) is -3.28. The Morgan fingerprint density at radius 3 is 1.58 bits per heavy atom. The highest BCUT2D eigenvalue weighted by molar-refractivity contribution is 5.80. The minimum absolute atomic E-state index is 0.227. The van der Waals surface area contributed by atoms with Crippen LogP contribution in [-0.2, 0) is 14.4 Å². The molecule has 0 aliphatic heterocycles. The summed E-state index contributed by atoms with van der Waals surface area (Å²) in [6.07, 6.45) is 0. The van der Waals surface area contributed by atoms with Crippen molar-refractivity contribution in [1.29, 1.82) is 5.41 Å². The first kappa shape index (κ1) is 31.3. The Balaban J connectivity index is -0.000000129. The molecule has 0 aromatic heterocycles. The van der Waals surface area contributed by atoms with E-state index in [2.05, 4.69) is 21.1 Å². The van der Waals surface area contributed by atoms with E-state index in [-0.39, 0.29) is 19.1 Å². The fourth-order valence-electron chi connectivity index (χ4n) is 0.588. The van der Waals surface area contributed by atoms with Crippen LogP contribution in [0.25, 0.3) is 0 Å². The highest BCUT2D eigenvalue weighted by atomic mass is 16.4. The molecule has 0 bridgehead atoms. The second-order valence-electron chi connectivity index (χ2n) is 5.99. The molecule has 8 N–H and O–H groups in total. The van der Waals surface area contributed by atoms with E-state index in [0.29, 0.717) is 0 Å². The maximum absolute atomic E-state index is 9.92. The zero-order chi connectivity index (χ0) is 22.1. The number of quaternary nitrogens is 1. The van der Waals surface area contributed by atoms with E-state index in [1.54, 1.807) is 0 Å². The van der Waals surface area contributed by atoms with Crippen molar-refractivity contribution < 1.29 is 39.3 Å². The number of nitrogens with two attached hydrogens (primary N) is 2. The number of carboxylic acids is 3. The van der Waals surface area contributed by atoms with Gasteiger partial charge in [0.05, 0.1) is 27.7 Å². The van der Waals surface area contributed by atoms with Crippen LogP contribution in [0.3, 0.4) is 0 Å². The number of carbonyl (C=O) groups is 3. The summed E-state index contributed by atoms with van der Waals surface area (Å²) in [7, 11) is 7.60. The minimum Gasteiger partial charge on any atom is -0.550 e. The van der Waals surface area contributed by atoms with Crippen LogP contribution >= 0.6 is 0 Å². The number of nitrogens with one attached hydrogen (secondary N) is 1. The lowest BCUT2D eigenvalue weighted by molar-refractivity contribution is -0.870. The zero-order valence-electron chi connectivity index (χ0n) is 16.2. The molecule has 0 heterocycles. The third-order valence-corrected chi connectivity index (χ3v) is 1.94. The van der Waals surface area contributed by atoms with E-state index < -0.39 is 23.9 Å². The van der Waals surface area contributed by atoms with Crippen LogP contribution in [0, 0.1) is 5.41 Å². The average molecular weight is 383 g/mol. The number of aliphatic carboxylic acids is 3. The van der Waals surface area contributed by atoms with Gasteiger partial charge < -0.3 is 46.1 Å². The molecule has 156 valence electrons. The summed E-state index contributed by atoms with van der Waals surface area (Å²) in [5, 5.41) is 40.0. The van der Waals surface area contributed by atoms with Crippen molar-refractivity contribution in [1.82, 2.24) is 4.90 Å².